The van der Waals surface area contributed by atoms with E-state index in [9.17, 15) is 0 Å². The molecule has 46 valence electrons. The third-order valence-electron chi connectivity index (χ3n) is 1.09. The van der Waals surface area contributed by atoms with Crippen LogP contribution in [-0.2, 0) is 0 Å². The van der Waals surface area contributed by atoms with E-state index >= 15 is 0 Å². The van der Waals surface area contributed by atoms with Crippen LogP contribution in [0.4, 0.5) is 0 Å². The first kappa shape index (κ1) is 5.59. The molecule has 0 unspecified atom stereocenters. The molecule has 8 heavy (non-hydrogen) atoms. The molecule has 0 spiro atoms. The molecule has 0 fully saturated rings. The lowest BCUT2D eigenvalue weighted by Crippen LogP contribution is -2.33. The molecule has 0 amide bonds. The SMILES string of the molecule is OCC1=CNCNC1. The maximum absolute atomic E-state index is 8.54. The number of hydrogen-bond donors (Lipinski definition) is 3. The molecule has 0 bridgehead atoms. The van der Waals surface area contributed by atoms with Gasteiger partial charge in [0.15, 0.2) is 0 Å². The van der Waals surface area contributed by atoms with Gasteiger partial charge in [-0.15, -0.1) is 0 Å². The van der Waals surface area contributed by atoms with Crippen LogP contribution in [0, 0.1) is 0 Å². The zero-order chi connectivity index (χ0) is 5.82. The van der Waals surface area contributed by atoms with Gasteiger partial charge in [0, 0.05) is 12.7 Å². The summed E-state index contributed by atoms with van der Waals surface area (Å²) in [5.41, 5.74) is 1.01. The summed E-state index contributed by atoms with van der Waals surface area (Å²) in [7, 11) is 0. The molecule has 3 N–H and O–H groups in total. The van der Waals surface area contributed by atoms with E-state index in [1.54, 1.807) is 0 Å². The first-order valence-electron chi connectivity index (χ1n) is 2.66. The van der Waals surface area contributed by atoms with Crippen LogP contribution >= 0.6 is 0 Å². The summed E-state index contributed by atoms with van der Waals surface area (Å²) < 4.78 is 0. The highest BCUT2D eigenvalue weighted by Crippen LogP contribution is 1.89. The molecule has 0 saturated heterocycles. The van der Waals surface area contributed by atoms with Gasteiger partial charge in [-0.25, -0.2) is 0 Å². The monoisotopic (exact) mass is 114 g/mol. The highest BCUT2D eigenvalue weighted by Gasteiger charge is 1.97. The maximum atomic E-state index is 8.54. The number of aliphatic hydroxyl groups excluding tert-OH is 1. The molecule has 3 heteroatoms. The van der Waals surface area contributed by atoms with Crippen molar-refractivity contribution in [3.8, 4) is 0 Å². The third-order valence-corrected chi connectivity index (χ3v) is 1.09. The zero-order valence-electron chi connectivity index (χ0n) is 4.65. The van der Waals surface area contributed by atoms with Crippen molar-refractivity contribution in [3.63, 3.8) is 0 Å². The van der Waals surface area contributed by atoms with Gasteiger partial charge in [-0.05, 0) is 5.57 Å². The predicted molar refractivity (Wildman–Crippen MR) is 31.2 cm³/mol. The molecule has 0 saturated carbocycles. The van der Waals surface area contributed by atoms with Crippen LogP contribution < -0.4 is 10.6 Å². The molecule has 0 radical (unpaired) electrons. The molecule has 0 aromatic carbocycles. The van der Waals surface area contributed by atoms with Crippen LogP contribution in [-0.4, -0.2) is 24.9 Å². The smallest absolute Gasteiger partial charge is 0.0671 e. The molecule has 0 atom stereocenters. The summed E-state index contributed by atoms with van der Waals surface area (Å²) >= 11 is 0. The molecule has 3 nitrogen and oxygen atoms in total. The molecule has 1 rings (SSSR count). The molecule has 1 heterocycles. The van der Waals surface area contributed by atoms with E-state index in [1.165, 1.54) is 0 Å². The van der Waals surface area contributed by atoms with Crippen LogP contribution in [0.1, 0.15) is 0 Å². The minimum absolute atomic E-state index is 0.153. The largest absolute Gasteiger partial charge is 0.392 e. The van der Waals surface area contributed by atoms with E-state index in [4.69, 9.17) is 5.11 Å². The lowest BCUT2D eigenvalue weighted by Gasteiger charge is -2.12. The van der Waals surface area contributed by atoms with Gasteiger partial charge in [0.05, 0.1) is 13.3 Å². The predicted octanol–water partition coefficient (Wildman–Crippen LogP) is -0.987. The van der Waals surface area contributed by atoms with Crippen LogP contribution in [0.25, 0.3) is 0 Å². The van der Waals surface area contributed by atoms with Gasteiger partial charge in [-0.3, -0.25) is 5.32 Å². The van der Waals surface area contributed by atoms with E-state index in [-0.39, 0.29) is 6.61 Å². The summed E-state index contributed by atoms with van der Waals surface area (Å²) in [5, 5.41) is 14.5. The third kappa shape index (κ3) is 1.21. The van der Waals surface area contributed by atoms with E-state index in [0.29, 0.717) is 0 Å². The first-order valence-corrected chi connectivity index (χ1v) is 2.66. The molecule has 1 aliphatic rings. The standard InChI is InChI=1S/C5H10N2O/c8-3-5-1-6-4-7-2-5/h1,6-8H,2-4H2. The Hall–Kier alpha value is -0.540. The number of hydrogen-bond acceptors (Lipinski definition) is 3. The quantitative estimate of drug-likeness (QED) is 0.410. The molecular formula is C5H10N2O. The molecule has 0 aliphatic carbocycles. The lowest BCUT2D eigenvalue weighted by atomic mass is 10.3. The van der Waals surface area contributed by atoms with Crippen molar-refractivity contribution >= 4 is 0 Å². The Morgan fingerprint density at radius 3 is 3.00 bits per heavy atom. The van der Waals surface area contributed by atoms with Gasteiger partial charge < -0.3 is 10.4 Å². The lowest BCUT2D eigenvalue weighted by molar-refractivity contribution is 0.323. The van der Waals surface area contributed by atoms with Crippen molar-refractivity contribution in [1.29, 1.82) is 0 Å². The minimum atomic E-state index is 0.153. The maximum Gasteiger partial charge on any atom is 0.0671 e. The van der Waals surface area contributed by atoms with Gasteiger partial charge in [-0.2, -0.15) is 0 Å². The topological polar surface area (TPSA) is 44.3 Å². The fourth-order valence-corrected chi connectivity index (χ4v) is 0.643. The second-order valence-electron chi connectivity index (χ2n) is 1.77. The molecule has 0 aromatic heterocycles. The zero-order valence-corrected chi connectivity index (χ0v) is 4.65. The van der Waals surface area contributed by atoms with Crippen molar-refractivity contribution in [1.82, 2.24) is 10.6 Å². The van der Waals surface area contributed by atoms with Crippen molar-refractivity contribution < 1.29 is 5.11 Å². The highest BCUT2D eigenvalue weighted by atomic mass is 16.3. The average molecular weight is 114 g/mol. The fourth-order valence-electron chi connectivity index (χ4n) is 0.643. The molecular weight excluding hydrogens is 104 g/mol. The Kier molecular flexibility index (Phi) is 1.88. The first-order chi connectivity index (χ1) is 3.93. The summed E-state index contributed by atoms with van der Waals surface area (Å²) in [6, 6.07) is 0. The van der Waals surface area contributed by atoms with E-state index in [0.717, 1.165) is 18.8 Å². The average Bonchev–Trinajstić information content (AvgIpc) is 1.90. The van der Waals surface area contributed by atoms with Crippen molar-refractivity contribution in [2.45, 2.75) is 0 Å². The van der Waals surface area contributed by atoms with Gasteiger partial charge in [-0.1, -0.05) is 0 Å². The minimum Gasteiger partial charge on any atom is -0.392 e. The highest BCUT2D eigenvalue weighted by molar-refractivity contribution is 5.05. The van der Waals surface area contributed by atoms with E-state index in [1.807, 2.05) is 6.20 Å². The van der Waals surface area contributed by atoms with Crippen LogP contribution in [0.2, 0.25) is 0 Å². The van der Waals surface area contributed by atoms with Crippen LogP contribution in [0.3, 0.4) is 0 Å². The number of aliphatic hydroxyl groups is 1. The Morgan fingerprint density at radius 2 is 2.62 bits per heavy atom. The van der Waals surface area contributed by atoms with Gasteiger partial charge in [0.25, 0.3) is 0 Å². The molecule has 0 aromatic rings. The molecule has 1 aliphatic heterocycles. The van der Waals surface area contributed by atoms with Crippen molar-refractivity contribution in [2.75, 3.05) is 19.8 Å². The summed E-state index contributed by atoms with van der Waals surface area (Å²) in [6.45, 7) is 1.77. The van der Waals surface area contributed by atoms with Gasteiger partial charge in [0.2, 0.25) is 0 Å². The Labute approximate surface area is 48.4 Å². The fraction of sp³-hybridized carbons (Fsp3) is 0.600. The normalized spacial score (nSPS) is 19.4. The van der Waals surface area contributed by atoms with Crippen LogP contribution in [0.5, 0.6) is 0 Å². The number of rotatable bonds is 1. The Morgan fingerprint density at radius 1 is 1.75 bits per heavy atom. The van der Waals surface area contributed by atoms with E-state index in [2.05, 4.69) is 10.6 Å². The van der Waals surface area contributed by atoms with Crippen molar-refractivity contribution in [2.24, 2.45) is 0 Å². The van der Waals surface area contributed by atoms with E-state index < -0.39 is 0 Å². The second kappa shape index (κ2) is 2.69. The summed E-state index contributed by atoms with van der Waals surface area (Å²) in [6.07, 6.45) is 1.84. The Balaban J connectivity index is 2.37. The number of nitrogens with one attached hydrogen (secondary N) is 2. The Bertz CT molecular complexity index is 101. The summed E-state index contributed by atoms with van der Waals surface area (Å²) in [4.78, 5) is 0. The second-order valence-corrected chi connectivity index (χ2v) is 1.77. The van der Waals surface area contributed by atoms with Gasteiger partial charge >= 0.3 is 0 Å². The van der Waals surface area contributed by atoms with Crippen molar-refractivity contribution in [3.05, 3.63) is 11.8 Å². The van der Waals surface area contributed by atoms with Crippen LogP contribution in [0.15, 0.2) is 11.8 Å². The van der Waals surface area contributed by atoms with Gasteiger partial charge in [0.1, 0.15) is 0 Å². The summed E-state index contributed by atoms with van der Waals surface area (Å²) in [5.74, 6) is 0.